The first-order chi connectivity index (χ1) is 9.38. The molecule has 2 N–H and O–H groups in total. The number of nitrogens with one attached hydrogen (secondary N) is 1. The maximum absolute atomic E-state index is 13.5. The first-order valence-corrected chi connectivity index (χ1v) is 7.09. The van der Waals surface area contributed by atoms with E-state index >= 15 is 0 Å². The Balaban J connectivity index is 2.20. The van der Waals surface area contributed by atoms with E-state index < -0.39 is 17.3 Å². The molecule has 1 aromatic carbocycles. The van der Waals surface area contributed by atoms with Crippen LogP contribution >= 0.6 is 27.3 Å². The van der Waals surface area contributed by atoms with Crippen LogP contribution in [-0.4, -0.2) is 17.0 Å². The van der Waals surface area contributed by atoms with Crippen molar-refractivity contribution in [2.75, 3.05) is 5.32 Å². The van der Waals surface area contributed by atoms with Gasteiger partial charge in [-0.1, -0.05) is 0 Å². The van der Waals surface area contributed by atoms with E-state index in [1.807, 2.05) is 6.92 Å². The summed E-state index contributed by atoms with van der Waals surface area (Å²) < 4.78 is 14.3. The minimum atomic E-state index is -1.35. The molecule has 0 saturated carbocycles. The lowest BCUT2D eigenvalue weighted by molar-refractivity contribution is 0.0692. The second-order valence-corrected chi connectivity index (χ2v) is 6.39. The molecule has 2 rings (SSSR count). The Bertz CT molecular complexity index is 679. The summed E-state index contributed by atoms with van der Waals surface area (Å²) in [6.07, 6.45) is 0. The number of aryl methyl sites for hydroxylation is 1. The standard InChI is InChI=1S/C13H9BrFNO3S/c1-6-4-10(20-11(6)14)12(17)16-7-2-3-8(13(18)19)9(15)5-7/h2-5H,1H3,(H,16,17)(H,18,19). The molecule has 7 heteroatoms. The van der Waals surface area contributed by atoms with Crippen molar-refractivity contribution < 1.29 is 19.1 Å². The third-order valence-electron chi connectivity index (χ3n) is 2.54. The third-order valence-corrected chi connectivity index (χ3v) is 4.67. The van der Waals surface area contributed by atoms with Gasteiger partial charge in [-0.05, 0) is 52.7 Å². The summed E-state index contributed by atoms with van der Waals surface area (Å²) in [7, 11) is 0. The van der Waals surface area contributed by atoms with Crippen molar-refractivity contribution in [3.8, 4) is 0 Å². The fraction of sp³-hybridized carbons (Fsp3) is 0.0769. The molecule has 0 aliphatic heterocycles. The molecule has 0 bridgehead atoms. The number of amides is 1. The van der Waals surface area contributed by atoms with E-state index in [4.69, 9.17) is 5.11 Å². The number of hydrogen-bond acceptors (Lipinski definition) is 3. The predicted octanol–water partition coefficient (Wildman–Crippen LogP) is 3.91. The molecule has 0 fully saturated rings. The van der Waals surface area contributed by atoms with Crippen molar-refractivity contribution in [3.63, 3.8) is 0 Å². The molecule has 0 aliphatic rings. The maximum atomic E-state index is 13.5. The number of benzene rings is 1. The van der Waals surface area contributed by atoms with Gasteiger partial charge in [-0.25, -0.2) is 9.18 Å². The Morgan fingerprint density at radius 2 is 2.05 bits per heavy atom. The highest BCUT2D eigenvalue weighted by molar-refractivity contribution is 9.11. The first kappa shape index (κ1) is 14.7. The summed E-state index contributed by atoms with van der Waals surface area (Å²) in [6, 6.07) is 5.16. The SMILES string of the molecule is Cc1cc(C(=O)Nc2ccc(C(=O)O)c(F)c2)sc1Br. The van der Waals surface area contributed by atoms with Gasteiger partial charge in [0.1, 0.15) is 5.82 Å². The van der Waals surface area contributed by atoms with Gasteiger partial charge in [-0.2, -0.15) is 0 Å². The lowest BCUT2D eigenvalue weighted by Crippen LogP contribution is -2.11. The minimum absolute atomic E-state index is 0.208. The number of aromatic carboxylic acids is 1. The van der Waals surface area contributed by atoms with Crippen molar-refractivity contribution in [2.24, 2.45) is 0 Å². The fourth-order valence-corrected chi connectivity index (χ4v) is 2.96. The van der Waals surface area contributed by atoms with Crippen molar-refractivity contribution in [2.45, 2.75) is 6.92 Å². The maximum Gasteiger partial charge on any atom is 0.338 e. The Morgan fingerprint density at radius 3 is 2.55 bits per heavy atom. The number of anilines is 1. The van der Waals surface area contributed by atoms with Gasteiger partial charge in [0, 0.05) is 5.69 Å². The molecule has 104 valence electrons. The number of carboxylic acid groups (broad SMARTS) is 1. The highest BCUT2D eigenvalue weighted by Crippen LogP contribution is 2.28. The van der Waals surface area contributed by atoms with E-state index in [9.17, 15) is 14.0 Å². The first-order valence-electron chi connectivity index (χ1n) is 5.48. The van der Waals surface area contributed by atoms with Crippen LogP contribution < -0.4 is 5.32 Å². The molecule has 0 atom stereocenters. The number of rotatable bonds is 3. The topological polar surface area (TPSA) is 66.4 Å². The van der Waals surface area contributed by atoms with Crippen LogP contribution in [0.25, 0.3) is 0 Å². The van der Waals surface area contributed by atoms with Crippen molar-refractivity contribution >= 4 is 44.8 Å². The smallest absolute Gasteiger partial charge is 0.338 e. The van der Waals surface area contributed by atoms with E-state index in [-0.39, 0.29) is 11.6 Å². The third kappa shape index (κ3) is 3.05. The average Bonchev–Trinajstić information content (AvgIpc) is 2.69. The molecule has 1 heterocycles. The largest absolute Gasteiger partial charge is 0.478 e. The zero-order chi connectivity index (χ0) is 14.9. The van der Waals surface area contributed by atoms with Crippen LogP contribution in [0.2, 0.25) is 0 Å². The molecule has 0 unspecified atom stereocenters. The highest BCUT2D eigenvalue weighted by atomic mass is 79.9. The molecule has 1 amide bonds. The quantitative estimate of drug-likeness (QED) is 0.874. The van der Waals surface area contributed by atoms with Gasteiger partial charge in [0.15, 0.2) is 0 Å². The summed E-state index contributed by atoms with van der Waals surface area (Å²) in [5.41, 5.74) is 0.713. The zero-order valence-electron chi connectivity index (χ0n) is 10.2. The Labute approximate surface area is 126 Å². The van der Waals surface area contributed by atoms with Gasteiger partial charge in [-0.15, -0.1) is 11.3 Å². The van der Waals surface area contributed by atoms with Gasteiger partial charge >= 0.3 is 5.97 Å². The summed E-state index contributed by atoms with van der Waals surface area (Å²) >= 11 is 4.59. The number of carboxylic acids is 1. The summed E-state index contributed by atoms with van der Waals surface area (Å²) in [5, 5.41) is 11.2. The molecule has 0 aliphatic carbocycles. The molecular formula is C13H9BrFNO3S. The number of carbonyl (C=O) groups is 2. The van der Waals surface area contributed by atoms with Crippen molar-refractivity contribution in [3.05, 3.63) is 49.9 Å². The van der Waals surface area contributed by atoms with E-state index in [0.29, 0.717) is 4.88 Å². The zero-order valence-corrected chi connectivity index (χ0v) is 12.6. The predicted molar refractivity (Wildman–Crippen MR) is 78.1 cm³/mol. The summed E-state index contributed by atoms with van der Waals surface area (Å²) in [6.45, 7) is 1.86. The number of hydrogen-bond donors (Lipinski definition) is 2. The van der Waals surface area contributed by atoms with Crippen LogP contribution in [0.3, 0.4) is 0 Å². The van der Waals surface area contributed by atoms with Crippen LogP contribution in [0.5, 0.6) is 0 Å². The lowest BCUT2D eigenvalue weighted by Gasteiger charge is -2.05. The normalized spacial score (nSPS) is 10.3. The van der Waals surface area contributed by atoms with E-state index in [2.05, 4.69) is 21.2 Å². The van der Waals surface area contributed by atoms with Gasteiger partial charge in [0.25, 0.3) is 5.91 Å². The van der Waals surface area contributed by atoms with Gasteiger partial charge in [0.2, 0.25) is 0 Å². The lowest BCUT2D eigenvalue weighted by atomic mass is 10.2. The molecular weight excluding hydrogens is 349 g/mol. The fourth-order valence-electron chi connectivity index (χ4n) is 1.53. The van der Waals surface area contributed by atoms with Crippen LogP contribution in [0.1, 0.15) is 25.6 Å². The molecule has 1 aromatic heterocycles. The van der Waals surface area contributed by atoms with Gasteiger partial charge < -0.3 is 10.4 Å². The molecule has 0 radical (unpaired) electrons. The number of carbonyl (C=O) groups excluding carboxylic acids is 1. The molecule has 0 spiro atoms. The summed E-state index contributed by atoms with van der Waals surface area (Å²) in [4.78, 5) is 23.1. The second-order valence-electron chi connectivity index (χ2n) is 4.02. The Kier molecular flexibility index (Phi) is 4.20. The van der Waals surface area contributed by atoms with E-state index in [1.165, 1.54) is 17.4 Å². The van der Waals surface area contributed by atoms with Crippen molar-refractivity contribution in [1.82, 2.24) is 0 Å². The van der Waals surface area contributed by atoms with Gasteiger partial charge in [0.05, 0.1) is 14.2 Å². The molecule has 20 heavy (non-hydrogen) atoms. The minimum Gasteiger partial charge on any atom is -0.478 e. The van der Waals surface area contributed by atoms with Crippen LogP contribution in [0.4, 0.5) is 10.1 Å². The highest BCUT2D eigenvalue weighted by Gasteiger charge is 2.14. The molecule has 2 aromatic rings. The van der Waals surface area contributed by atoms with E-state index in [0.717, 1.165) is 21.5 Å². The number of thiophene rings is 1. The second kappa shape index (κ2) is 5.72. The Morgan fingerprint density at radius 1 is 1.35 bits per heavy atom. The number of halogens is 2. The van der Waals surface area contributed by atoms with E-state index in [1.54, 1.807) is 6.07 Å². The molecule has 0 saturated heterocycles. The summed E-state index contributed by atoms with van der Waals surface area (Å²) in [5.74, 6) is -2.61. The molecule has 4 nitrogen and oxygen atoms in total. The Hall–Kier alpha value is -1.73. The average molecular weight is 358 g/mol. The van der Waals surface area contributed by atoms with Crippen LogP contribution in [0.15, 0.2) is 28.1 Å². The van der Waals surface area contributed by atoms with Crippen molar-refractivity contribution in [1.29, 1.82) is 0 Å². The van der Waals surface area contributed by atoms with Gasteiger partial charge in [-0.3, -0.25) is 4.79 Å². The monoisotopic (exact) mass is 357 g/mol. The van der Waals surface area contributed by atoms with Crippen LogP contribution in [-0.2, 0) is 0 Å². The van der Waals surface area contributed by atoms with Crippen LogP contribution in [0, 0.1) is 12.7 Å².